The van der Waals surface area contributed by atoms with Crippen molar-refractivity contribution in [1.29, 1.82) is 0 Å². The van der Waals surface area contributed by atoms with Crippen molar-refractivity contribution in [3.63, 3.8) is 0 Å². The molecular formula is C10H9N5O. The zero-order valence-corrected chi connectivity index (χ0v) is 8.34. The van der Waals surface area contributed by atoms with E-state index >= 15 is 0 Å². The van der Waals surface area contributed by atoms with E-state index in [1.807, 2.05) is 24.3 Å². The Morgan fingerprint density at radius 3 is 3.06 bits per heavy atom. The van der Waals surface area contributed by atoms with E-state index in [0.717, 1.165) is 11.4 Å². The molecule has 3 N–H and O–H groups in total. The standard InChI is InChI=1S/C10H9N5O/c11-9(16)13-10-12-8-7-4-2-1-3-6(7)5-15(8)14-10/h1-4H,5H2,(H3,11,13,14,16). The second-order valence-electron chi connectivity index (χ2n) is 3.56. The fourth-order valence-electron chi connectivity index (χ4n) is 1.85. The van der Waals surface area contributed by atoms with Crippen LogP contribution in [0.1, 0.15) is 5.56 Å². The third kappa shape index (κ3) is 1.23. The fourth-order valence-corrected chi connectivity index (χ4v) is 1.85. The monoisotopic (exact) mass is 215 g/mol. The third-order valence-corrected chi connectivity index (χ3v) is 2.49. The van der Waals surface area contributed by atoms with E-state index in [-0.39, 0.29) is 5.95 Å². The van der Waals surface area contributed by atoms with Gasteiger partial charge in [0.2, 0.25) is 0 Å². The Bertz CT molecular complexity index is 574. The average Bonchev–Trinajstić information content (AvgIpc) is 2.73. The van der Waals surface area contributed by atoms with E-state index in [1.165, 1.54) is 5.56 Å². The van der Waals surface area contributed by atoms with Crippen molar-refractivity contribution >= 4 is 12.0 Å². The van der Waals surface area contributed by atoms with Gasteiger partial charge in [-0.25, -0.2) is 9.48 Å². The number of carbonyl (C=O) groups is 1. The zero-order valence-electron chi connectivity index (χ0n) is 8.34. The zero-order chi connectivity index (χ0) is 11.1. The van der Waals surface area contributed by atoms with Crippen molar-refractivity contribution in [1.82, 2.24) is 14.8 Å². The van der Waals surface area contributed by atoms with Crippen LogP contribution in [0.25, 0.3) is 11.4 Å². The molecular weight excluding hydrogens is 206 g/mol. The predicted molar refractivity (Wildman–Crippen MR) is 57.8 cm³/mol. The summed E-state index contributed by atoms with van der Waals surface area (Å²) in [7, 11) is 0. The molecule has 6 heteroatoms. The minimum atomic E-state index is -0.655. The molecule has 6 nitrogen and oxygen atoms in total. The number of aromatic nitrogens is 3. The van der Waals surface area contributed by atoms with Crippen LogP contribution in [0.5, 0.6) is 0 Å². The van der Waals surface area contributed by atoms with Gasteiger partial charge in [-0.15, -0.1) is 5.10 Å². The van der Waals surface area contributed by atoms with Gasteiger partial charge in [0, 0.05) is 5.56 Å². The number of benzene rings is 1. The number of hydrogen-bond acceptors (Lipinski definition) is 3. The molecule has 3 rings (SSSR count). The number of primary amides is 1. The van der Waals surface area contributed by atoms with Crippen LogP contribution in [-0.2, 0) is 6.54 Å². The van der Waals surface area contributed by atoms with Gasteiger partial charge >= 0.3 is 6.03 Å². The van der Waals surface area contributed by atoms with Crippen LogP contribution >= 0.6 is 0 Å². The Labute approximate surface area is 91.1 Å². The second-order valence-corrected chi connectivity index (χ2v) is 3.56. The highest BCUT2D eigenvalue weighted by Gasteiger charge is 2.21. The first-order valence-corrected chi connectivity index (χ1v) is 4.83. The molecule has 0 saturated carbocycles. The van der Waals surface area contributed by atoms with Crippen LogP contribution in [0.4, 0.5) is 10.7 Å². The van der Waals surface area contributed by atoms with Gasteiger partial charge in [0.25, 0.3) is 5.95 Å². The second kappa shape index (κ2) is 3.06. The van der Waals surface area contributed by atoms with Crippen LogP contribution in [0, 0.1) is 0 Å². The molecule has 16 heavy (non-hydrogen) atoms. The van der Waals surface area contributed by atoms with Crippen molar-refractivity contribution in [2.24, 2.45) is 5.73 Å². The first-order chi connectivity index (χ1) is 7.74. The molecule has 0 unspecified atom stereocenters. The van der Waals surface area contributed by atoms with E-state index in [0.29, 0.717) is 6.54 Å². The smallest absolute Gasteiger partial charge is 0.319 e. The molecule has 0 spiro atoms. The molecule has 0 aliphatic carbocycles. The van der Waals surface area contributed by atoms with Gasteiger partial charge < -0.3 is 5.73 Å². The maximum absolute atomic E-state index is 10.7. The Kier molecular flexibility index (Phi) is 1.70. The third-order valence-electron chi connectivity index (χ3n) is 2.49. The molecule has 2 heterocycles. The summed E-state index contributed by atoms with van der Waals surface area (Å²) in [6.45, 7) is 0.680. The lowest BCUT2D eigenvalue weighted by Crippen LogP contribution is -2.20. The number of amides is 2. The number of rotatable bonds is 1. The van der Waals surface area contributed by atoms with Gasteiger partial charge in [0.1, 0.15) is 0 Å². The number of carbonyl (C=O) groups excluding carboxylic acids is 1. The molecule has 1 aliphatic heterocycles. The molecule has 0 fully saturated rings. The Hall–Kier alpha value is -2.37. The molecule has 2 amide bonds. The number of nitrogens with two attached hydrogens (primary N) is 1. The maximum atomic E-state index is 10.7. The lowest BCUT2D eigenvalue weighted by Gasteiger charge is -1.96. The number of nitrogens with zero attached hydrogens (tertiary/aromatic N) is 3. The Morgan fingerprint density at radius 2 is 2.25 bits per heavy atom. The summed E-state index contributed by atoms with van der Waals surface area (Å²) in [4.78, 5) is 14.9. The molecule has 0 saturated heterocycles. The number of nitrogens with one attached hydrogen (secondary N) is 1. The largest absolute Gasteiger partial charge is 0.351 e. The van der Waals surface area contributed by atoms with E-state index < -0.39 is 6.03 Å². The maximum Gasteiger partial charge on any atom is 0.319 e. The highest BCUT2D eigenvalue weighted by Crippen LogP contribution is 2.30. The number of urea groups is 1. The first kappa shape index (κ1) is 8.90. The summed E-state index contributed by atoms with van der Waals surface area (Å²) in [5.74, 6) is 1.01. The molecule has 0 radical (unpaired) electrons. The van der Waals surface area contributed by atoms with Crippen LogP contribution < -0.4 is 11.1 Å². The van der Waals surface area contributed by atoms with Gasteiger partial charge in [0.05, 0.1) is 6.54 Å². The topological polar surface area (TPSA) is 85.8 Å². The van der Waals surface area contributed by atoms with Crippen molar-refractivity contribution in [3.8, 4) is 11.4 Å². The van der Waals surface area contributed by atoms with Crippen LogP contribution in [-0.4, -0.2) is 20.8 Å². The lowest BCUT2D eigenvalue weighted by molar-refractivity contribution is 0.259. The number of hydrogen-bond donors (Lipinski definition) is 2. The SMILES string of the molecule is NC(=O)Nc1nc2n(n1)Cc1ccccc1-2. The van der Waals surface area contributed by atoms with Gasteiger partial charge in [-0.1, -0.05) is 24.3 Å². The van der Waals surface area contributed by atoms with Crippen LogP contribution in [0.3, 0.4) is 0 Å². The van der Waals surface area contributed by atoms with Gasteiger partial charge in [-0.3, -0.25) is 5.32 Å². The van der Waals surface area contributed by atoms with Crippen molar-refractivity contribution in [2.45, 2.75) is 6.54 Å². The molecule has 1 aromatic carbocycles. The van der Waals surface area contributed by atoms with E-state index in [2.05, 4.69) is 15.4 Å². The van der Waals surface area contributed by atoms with Crippen molar-refractivity contribution < 1.29 is 4.79 Å². The predicted octanol–water partition coefficient (Wildman–Crippen LogP) is 0.797. The quantitative estimate of drug-likeness (QED) is 0.629. The number of anilines is 1. The van der Waals surface area contributed by atoms with E-state index in [1.54, 1.807) is 4.68 Å². The van der Waals surface area contributed by atoms with E-state index in [9.17, 15) is 4.79 Å². The first-order valence-electron chi connectivity index (χ1n) is 4.83. The highest BCUT2D eigenvalue weighted by atomic mass is 16.2. The molecule has 0 bridgehead atoms. The van der Waals surface area contributed by atoms with Crippen LogP contribution in [0.15, 0.2) is 24.3 Å². The van der Waals surface area contributed by atoms with Gasteiger partial charge in [0.15, 0.2) is 5.82 Å². The normalized spacial score (nSPS) is 12.0. The Balaban J connectivity index is 2.04. The van der Waals surface area contributed by atoms with Crippen molar-refractivity contribution in [2.75, 3.05) is 5.32 Å². The average molecular weight is 215 g/mol. The summed E-state index contributed by atoms with van der Waals surface area (Å²) in [6, 6.07) is 7.29. The summed E-state index contributed by atoms with van der Waals surface area (Å²) < 4.78 is 1.75. The molecule has 1 aromatic heterocycles. The summed E-state index contributed by atoms with van der Waals surface area (Å²) >= 11 is 0. The van der Waals surface area contributed by atoms with Gasteiger partial charge in [-0.2, -0.15) is 4.98 Å². The minimum absolute atomic E-state index is 0.247. The van der Waals surface area contributed by atoms with Crippen molar-refractivity contribution in [3.05, 3.63) is 29.8 Å². The molecule has 2 aromatic rings. The lowest BCUT2D eigenvalue weighted by atomic mass is 10.1. The molecule has 1 aliphatic rings. The molecule has 0 atom stereocenters. The molecule has 80 valence electrons. The fraction of sp³-hybridized carbons (Fsp3) is 0.100. The minimum Gasteiger partial charge on any atom is -0.351 e. The van der Waals surface area contributed by atoms with Crippen LogP contribution in [0.2, 0.25) is 0 Å². The van der Waals surface area contributed by atoms with E-state index in [4.69, 9.17) is 5.73 Å². The van der Waals surface area contributed by atoms with Gasteiger partial charge in [-0.05, 0) is 5.56 Å². The highest BCUT2D eigenvalue weighted by molar-refractivity contribution is 5.86. The summed E-state index contributed by atoms with van der Waals surface area (Å²) in [5, 5.41) is 6.50. The Morgan fingerprint density at radius 1 is 1.44 bits per heavy atom. The number of fused-ring (bicyclic) bond motifs is 3. The summed E-state index contributed by atoms with van der Waals surface area (Å²) in [5.41, 5.74) is 7.23. The summed E-state index contributed by atoms with van der Waals surface area (Å²) in [6.07, 6.45) is 0.